The van der Waals surface area contributed by atoms with Crippen molar-refractivity contribution in [1.82, 2.24) is 0 Å². The summed E-state index contributed by atoms with van der Waals surface area (Å²) in [6, 6.07) is 0. The summed E-state index contributed by atoms with van der Waals surface area (Å²) in [5.41, 5.74) is 8.51. The predicted molar refractivity (Wildman–Crippen MR) is 27.6 cm³/mol. The van der Waals surface area contributed by atoms with Gasteiger partial charge in [-0.2, -0.15) is 8.78 Å². The molecule has 56 valence electrons. The molecule has 0 aromatic carbocycles. The lowest BCUT2D eigenvalue weighted by Crippen LogP contribution is -2.18. The van der Waals surface area contributed by atoms with Crippen LogP contribution in [0, 0.1) is 0 Å². The van der Waals surface area contributed by atoms with Gasteiger partial charge in [0, 0.05) is 0 Å². The number of hydrogen-bond acceptors (Lipinski definition) is 2. The highest BCUT2D eigenvalue weighted by Crippen LogP contribution is 2.05. The van der Waals surface area contributed by atoms with Crippen LogP contribution in [0.25, 0.3) is 0 Å². The molecule has 0 bridgehead atoms. The van der Waals surface area contributed by atoms with E-state index >= 15 is 0 Å². The number of hydrogen-bond donors (Lipinski definition) is 2. The van der Waals surface area contributed by atoms with Crippen LogP contribution in [-0.2, 0) is 9.59 Å². The fourth-order valence-electron chi connectivity index (χ4n) is 0.216. The third kappa shape index (κ3) is 1.81. The fraction of sp³-hybridized carbons (Fsp3) is 0. The van der Waals surface area contributed by atoms with E-state index in [4.69, 9.17) is 0 Å². The Hall–Kier alpha value is -1.46. The lowest BCUT2D eigenvalue weighted by molar-refractivity contribution is -0.119. The minimum Gasteiger partial charge on any atom is -0.364 e. The minimum atomic E-state index is -1.95. The van der Waals surface area contributed by atoms with E-state index < -0.39 is 23.5 Å². The van der Waals surface area contributed by atoms with Crippen LogP contribution in [0.4, 0.5) is 8.78 Å². The van der Waals surface area contributed by atoms with Gasteiger partial charge in [-0.25, -0.2) is 0 Å². The average molecular weight is 150 g/mol. The van der Waals surface area contributed by atoms with E-state index in [0.29, 0.717) is 0 Å². The van der Waals surface area contributed by atoms with Crippen LogP contribution in [-0.4, -0.2) is 11.8 Å². The minimum absolute atomic E-state index is 1.66. The molecule has 0 saturated heterocycles. The lowest BCUT2D eigenvalue weighted by atomic mass is 10.4. The van der Waals surface area contributed by atoms with Crippen molar-refractivity contribution in [3.05, 3.63) is 11.7 Å². The summed E-state index contributed by atoms with van der Waals surface area (Å²) in [6.45, 7) is 0. The zero-order valence-corrected chi connectivity index (χ0v) is 4.73. The molecule has 0 aliphatic heterocycles. The van der Waals surface area contributed by atoms with Crippen LogP contribution in [0.2, 0.25) is 0 Å². The molecule has 0 radical (unpaired) electrons. The fourth-order valence-corrected chi connectivity index (χ4v) is 0.216. The smallest absolute Gasteiger partial charge is 0.280 e. The van der Waals surface area contributed by atoms with Crippen LogP contribution in [0.15, 0.2) is 11.7 Å². The normalized spacial score (nSPS) is 12.2. The van der Waals surface area contributed by atoms with E-state index in [-0.39, 0.29) is 0 Å². The molecular formula is C4H4F2N2O2. The maximum Gasteiger partial charge on any atom is 0.280 e. The molecule has 0 aliphatic rings. The zero-order chi connectivity index (χ0) is 8.31. The van der Waals surface area contributed by atoms with Gasteiger partial charge < -0.3 is 11.5 Å². The Morgan fingerprint density at radius 1 is 0.900 bits per heavy atom. The van der Waals surface area contributed by atoms with E-state index in [9.17, 15) is 18.4 Å². The lowest BCUT2D eigenvalue weighted by Gasteiger charge is -1.89. The Bertz CT molecular complexity index is 189. The highest BCUT2D eigenvalue weighted by Gasteiger charge is 2.16. The van der Waals surface area contributed by atoms with Gasteiger partial charge in [-0.15, -0.1) is 0 Å². The maximum atomic E-state index is 11.9. The number of amides is 2. The number of rotatable bonds is 2. The van der Waals surface area contributed by atoms with Crippen molar-refractivity contribution >= 4 is 11.8 Å². The third-order valence-electron chi connectivity index (χ3n) is 0.625. The van der Waals surface area contributed by atoms with Crippen molar-refractivity contribution in [3.8, 4) is 0 Å². The van der Waals surface area contributed by atoms with Crippen LogP contribution < -0.4 is 11.5 Å². The molecular weight excluding hydrogens is 146 g/mol. The third-order valence-corrected chi connectivity index (χ3v) is 0.625. The van der Waals surface area contributed by atoms with Gasteiger partial charge in [0.1, 0.15) is 0 Å². The highest BCUT2D eigenvalue weighted by atomic mass is 19.2. The summed E-state index contributed by atoms with van der Waals surface area (Å²) in [5.74, 6) is -7.22. The van der Waals surface area contributed by atoms with E-state index in [0.717, 1.165) is 0 Å². The van der Waals surface area contributed by atoms with E-state index in [2.05, 4.69) is 11.5 Å². The first-order chi connectivity index (χ1) is 4.46. The molecule has 0 unspecified atom stereocenters. The largest absolute Gasteiger partial charge is 0.364 e. The molecule has 0 spiro atoms. The molecule has 6 heteroatoms. The zero-order valence-electron chi connectivity index (χ0n) is 4.73. The number of primary amides is 2. The van der Waals surface area contributed by atoms with Crippen LogP contribution >= 0.6 is 0 Å². The molecule has 0 atom stereocenters. The number of nitrogens with two attached hydrogens (primary N) is 2. The van der Waals surface area contributed by atoms with Crippen LogP contribution in [0.5, 0.6) is 0 Å². The summed E-state index contributed by atoms with van der Waals surface area (Å²) in [4.78, 5) is 19.6. The molecule has 0 rings (SSSR count). The number of carbonyl (C=O) groups excluding carboxylic acids is 2. The van der Waals surface area contributed by atoms with E-state index in [1.807, 2.05) is 0 Å². The number of carbonyl (C=O) groups is 2. The SMILES string of the molecule is NC(=O)/C(F)=C(\F)C(N)=O. The molecule has 0 saturated carbocycles. The summed E-state index contributed by atoms with van der Waals surface area (Å²) in [7, 11) is 0. The second kappa shape index (κ2) is 2.90. The average Bonchev–Trinajstić information content (AvgIpc) is 1.84. The van der Waals surface area contributed by atoms with Crippen LogP contribution in [0.3, 0.4) is 0 Å². The molecule has 0 aliphatic carbocycles. The Kier molecular flexibility index (Phi) is 2.48. The topological polar surface area (TPSA) is 86.2 Å². The van der Waals surface area contributed by atoms with E-state index in [1.165, 1.54) is 0 Å². The highest BCUT2D eigenvalue weighted by molar-refractivity contribution is 6.00. The van der Waals surface area contributed by atoms with Gasteiger partial charge >= 0.3 is 0 Å². The quantitative estimate of drug-likeness (QED) is 0.500. The standard InChI is InChI=1S/C4H4F2N2O2/c5-1(3(7)9)2(6)4(8)10/h(H2,7,9)(H2,8,10)/b2-1+. The Morgan fingerprint density at radius 3 is 1.20 bits per heavy atom. The Morgan fingerprint density at radius 2 is 1.10 bits per heavy atom. The first kappa shape index (κ1) is 8.54. The predicted octanol–water partition coefficient (Wildman–Crippen LogP) is -0.892. The maximum absolute atomic E-state index is 11.9. The van der Waals surface area contributed by atoms with Crippen molar-refractivity contribution in [2.24, 2.45) is 11.5 Å². The van der Waals surface area contributed by atoms with Gasteiger partial charge in [0.25, 0.3) is 11.8 Å². The molecule has 0 fully saturated rings. The molecule has 10 heavy (non-hydrogen) atoms. The first-order valence-electron chi connectivity index (χ1n) is 2.11. The van der Waals surface area contributed by atoms with Crippen molar-refractivity contribution in [3.63, 3.8) is 0 Å². The van der Waals surface area contributed by atoms with Crippen molar-refractivity contribution < 1.29 is 18.4 Å². The summed E-state index contributed by atoms with van der Waals surface area (Å²) in [6.07, 6.45) is 0. The second-order valence-electron chi connectivity index (χ2n) is 1.36. The van der Waals surface area contributed by atoms with Gasteiger partial charge in [-0.3, -0.25) is 9.59 Å². The number of halogens is 2. The van der Waals surface area contributed by atoms with Crippen molar-refractivity contribution in [2.45, 2.75) is 0 Å². The van der Waals surface area contributed by atoms with Crippen LogP contribution in [0.1, 0.15) is 0 Å². The first-order valence-corrected chi connectivity index (χ1v) is 2.11. The molecule has 4 nitrogen and oxygen atoms in total. The molecule has 4 N–H and O–H groups in total. The van der Waals surface area contributed by atoms with Gasteiger partial charge in [-0.1, -0.05) is 0 Å². The van der Waals surface area contributed by atoms with Crippen molar-refractivity contribution in [1.29, 1.82) is 0 Å². The molecule has 0 aromatic heterocycles. The Balaban J connectivity index is 4.67. The van der Waals surface area contributed by atoms with Gasteiger partial charge in [0.15, 0.2) is 0 Å². The molecule has 0 aromatic rings. The molecule has 0 heterocycles. The van der Waals surface area contributed by atoms with Gasteiger partial charge in [0.2, 0.25) is 11.7 Å². The van der Waals surface area contributed by atoms with E-state index in [1.54, 1.807) is 0 Å². The van der Waals surface area contributed by atoms with Gasteiger partial charge in [-0.05, 0) is 0 Å². The Labute approximate surface area is 54.5 Å². The summed E-state index contributed by atoms with van der Waals surface area (Å²) in [5, 5.41) is 0. The monoisotopic (exact) mass is 150 g/mol. The summed E-state index contributed by atoms with van der Waals surface area (Å²) >= 11 is 0. The van der Waals surface area contributed by atoms with Crippen molar-refractivity contribution in [2.75, 3.05) is 0 Å². The molecule has 2 amide bonds. The second-order valence-corrected chi connectivity index (χ2v) is 1.36. The van der Waals surface area contributed by atoms with Gasteiger partial charge in [0.05, 0.1) is 0 Å². The summed E-state index contributed by atoms with van der Waals surface area (Å²) < 4.78 is 23.8.